The van der Waals surface area contributed by atoms with Gasteiger partial charge in [-0.2, -0.15) is 0 Å². The maximum absolute atomic E-state index is 13.2. The molecule has 1 atom stereocenters. The Bertz CT molecular complexity index is 733. The van der Waals surface area contributed by atoms with Gasteiger partial charge in [-0.05, 0) is 49.9 Å². The van der Waals surface area contributed by atoms with Gasteiger partial charge in [0.2, 0.25) is 5.91 Å². The molecule has 1 amide bonds. The summed E-state index contributed by atoms with van der Waals surface area (Å²) < 4.78 is 38.8. The van der Waals surface area contributed by atoms with Crippen molar-refractivity contribution in [1.29, 1.82) is 0 Å². The van der Waals surface area contributed by atoms with Gasteiger partial charge in [-0.3, -0.25) is 4.79 Å². The average molecular weight is 382 g/mol. The first-order valence-electron chi connectivity index (χ1n) is 9.68. The first-order valence-corrected chi connectivity index (χ1v) is 11.2. The van der Waals surface area contributed by atoms with Gasteiger partial charge in [-0.25, -0.2) is 12.8 Å². The number of hydrogen-bond acceptors (Lipinski definition) is 3. The summed E-state index contributed by atoms with van der Waals surface area (Å²) in [5, 5.41) is -0.598. The highest BCUT2D eigenvalue weighted by Gasteiger charge is 2.44. The van der Waals surface area contributed by atoms with E-state index >= 15 is 0 Å². The van der Waals surface area contributed by atoms with Crippen LogP contribution in [0.15, 0.2) is 29.2 Å². The van der Waals surface area contributed by atoms with Crippen molar-refractivity contribution >= 4 is 15.7 Å². The Morgan fingerprint density at radius 2 is 1.85 bits per heavy atom. The van der Waals surface area contributed by atoms with Crippen LogP contribution in [-0.2, 0) is 14.6 Å². The fraction of sp³-hybridized carbons (Fsp3) is 0.650. The molecule has 0 radical (unpaired) electrons. The van der Waals surface area contributed by atoms with E-state index < -0.39 is 20.9 Å². The quantitative estimate of drug-likeness (QED) is 0.726. The van der Waals surface area contributed by atoms with Gasteiger partial charge in [0, 0.05) is 18.5 Å². The summed E-state index contributed by atoms with van der Waals surface area (Å²) in [5.74, 6) is -0.304. The van der Waals surface area contributed by atoms with E-state index in [1.54, 1.807) is 4.90 Å². The molecule has 4 nitrogen and oxygen atoms in total. The Morgan fingerprint density at radius 1 is 1.19 bits per heavy atom. The number of hydrogen-bond donors (Lipinski definition) is 0. The summed E-state index contributed by atoms with van der Waals surface area (Å²) in [6.45, 7) is 2.86. The highest BCUT2D eigenvalue weighted by Crippen LogP contribution is 2.42. The molecule has 1 aromatic carbocycles. The van der Waals surface area contributed by atoms with Gasteiger partial charge in [-0.15, -0.1) is 0 Å². The van der Waals surface area contributed by atoms with Crippen molar-refractivity contribution in [3.05, 3.63) is 30.1 Å². The topological polar surface area (TPSA) is 54.5 Å². The number of carbonyl (C=O) groups excluding carboxylic acids is 1. The molecule has 2 fully saturated rings. The molecule has 1 aliphatic heterocycles. The van der Waals surface area contributed by atoms with E-state index in [0.717, 1.165) is 38.5 Å². The molecule has 1 heterocycles. The van der Waals surface area contributed by atoms with Gasteiger partial charge in [-0.1, -0.05) is 32.6 Å². The monoisotopic (exact) mass is 381 g/mol. The fourth-order valence-corrected chi connectivity index (χ4v) is 6.29. The van der Waals surface area contributed by atoms with Crippen molar-refractivity contribution in [2.24, 2.45) is 5.41 Å². The molecular formula is C20H28FNO3S. The van der Waals surface area contributed by atoms with Crippen LogP contribution in [0, 0.1) is 11.2 Å². The van der Waals surface area contributed by atoms with Crippen LogP contribution in [0.3, 0.4) is 0 Å². The second-order valence-electron chi connectivity index (χ2n) is 7.75. The lowest BCUT2D eigenvalue weighted by atomic mass is 9.70. The lowest BCUT2D eigenvalue weighted by molar-refractivity contribution is -0.143. The Balaban J connectivity index is 1.75. The second kappa shape index (κ2) is 7.67. The van der Waals surface area contributed by atoms with Crippen LogP contribution in [0.5, 0.6) is 0 Å². The highest BCUT2D eigenvalue weighted by atomic mass is 32.2. The zero-order valence-corrected chi connectivity index (χ0v) is 16.2. The van der Waals surface area contributed by atoms with Crippen LogP contribution in [0.1, 0.15) is 58.3 Å². The number of nitrogens with zero attached hydrogens (tertiary/aromatic N) is 1. The maximum atomic E-state index is 13.2. The third-order valence-corrected chi connectivity index (χ3v) is 8.20. The normalized spacial score (nSPS) is 23.2. The van der Waals surface area contributed by atoms with Crippen molar-refractivity contribution in [3.63, 3.8) is 0 Å². The molecule has 144 valence electrons. The van der Waals surface area contributed by atoms with E-state index in [1.165, 1.54) is 30.7 Å². The first kappa shape index (κ1) is 19.3. The SMILES string of the molecule is CCCC1(C(=O)N2CCC(S(=O)(=O)c3ccc(F)cc3)C2)CCCCC1. The average Bonchev–Trinajstić information content (AvgIpc) is 3.13. The molecule has 0 aromatic heterocycles. The minimum Gasteiger partial charge on any atom is -0.341 e. The van der Waals surface area contributed by atoms with Gasteiger partial charge >= 0.3 is 0 Å². The summed E-state index contributed by atoms with van der Waals surface area (Å²) in [5.41, 5.74) is -0.290. The molecule has 3 rings (SSSR count). The number of sulfone groups is 1. The molecule has 0 spiro atoms. The maximum Gasteiger partial charge on any atom is 0.228 e. The van der Waals surface area contributed by atoms with E-state index in [4.69, 9.17) is 0 Å². The second-order valence-corrected chi connectivity index (χ2v) is 9.98. The summed E-state index contributed by atoms with van der Waals surface area (Å²) in [4.78, 5) is 15.2. The van der Waals surface area contributed by atoms with Gasteiger partial charge in [0.15, 0.2) is 9.84 Å². The minimum absolute atomic E-state index is 0.138. The summed E-state index contributed by atoms with van der Waals surface area (Å²) in [6, 6.07) is 4.97. The molecule has 1 aliphatic carbocycles. The molecule has 26 heavy (non-hydrogen) atoms. The van der Waals surface area contributed by atoms with Crippen molar-refractivity contribution in [1.82, 2.24) is 4.90 Å². The largest absolute Gasteiger partial charge is 0.341 e. The Labute approximate surface area is 155 Å². The molecule has 2 aliphatic rings. The number of likely N-dealkylation sites (tertiary alicyclic amines) is 1. The number of carbonyl (C=O) groups is 1. The van der Waals surface area contributed by atoms with E-state index in [2.05, 4.69) is 6.92 Å². The van der Waals surface area contributed by atoms with Gasteiger partial charge in [0.05, 0.1) is 10.1 Å². The Hall–Kier alpha value is -1.43. The molecule has 0 bridgehead atoms. The van der Waals surface area contributed by atoms with Crippen LogP contribution in [0.25, 0.3) is 0 Å². The third kappa shape index (κ3) is 3.66. The van der Waals surface area contributed by atoms with Crippen molar-refractivity contribution in [2.75, 3.05) is 13.1 Å². The van der Waals surface area contributed by atoms with Crippen molar-refractivity contribution < 1.29 is 17.6 Å². The standard InChI is InChI=1S/C20H28FNO3S/c1-2-11-20(12-4-3-5-13-20)19(23)22-14-10-18(15-22)26(24,25)17-8-6-16(21)7-9-17/h6-9,18H,2-5,10-15H2,1H3. The Kier molecular flexibility index (Phi) is 5.70. The minimum atomic E-state index is -3.55. The van der Waals surface area contributed by atoms with E-state index in [0.29, 0.717) is 13.0 Å². The van der Waals surface area contributed by atoms with Gasteiger partial charge in [0.25, 0.3) is 0 Å². The van der Waals surface area contributed by atoms with Gasteiger partial charge in [0.1, 0.15) is 5.82 Å². The smallest absolute Gasteiger partial charge is 0.228 e. The molecule has 1 saturated heterocycles. The predicted octanol–water partition coefficient (Wildman–Crippen LogP) is 3.95. The molecule has 1 aromatic rings. The zero-order valence-electron chi connectivity index (χ0n) is 15.4. The summed E-state index contributed by atoms with van der Waals surface area (Å²) in [6.07, 6.45) is 7.49. The third-order valence-electron chi connectivity index (χ3n) is 6.01. The molecule has 6 heteroatoms. The molecule has 1 saturated carbocycles. The lowest BCUT2D eigenvalue weighted by Crippen LogP contribution is -2.44. The number of benzene rings is 1. The van der Waals surface area contributed by atoms with Crippen molar-refractivity contribution in [3.8, 4) is 0 Å². The van der Waals surface area contributed by atoms with E-state index in [-0.39, 0.29) is 22.8 Å². The number of rotatable bonds is 5. The number of halogens is 1. The first-order chi connectivity index (χ1) is 12.4. The van der Waals surface area contributed by atoms with Crippen molar-refractivity contribution in [2.45, 2.75) is 68.4 Å². The predicted molar refractivity (Wildman–Crippen MR) is 99.0 cm³/mol. The molecule has 0 N–H and O–H groups in total. The Morgan fingerprint density at radius 3 is 2.46 bits per heavy atom. The molecular weight excluding hydrogens is 353 g/mol. The highest BCUT2D eigenvalue weighted by molar-refractivity contribution is 7.92. The van der Waals surface area contributed by atoms with Gasteiger partial charge < -0.3 is 4.90 Å². The zero-order chi connectivity index (χ0) is 18.8. The van der Waals surface area contributed by atoms with Crippen LogP contribution in [-0.4, -0.2) is 37.6 Å². The summed E-state index contributed by atoms with van der Waals surface area (Å²) >= 11 is 0. The molecule has 1 unspecified atom stereocenters. The van der Waals surface area contributed by atoms with Crippen LogP contribution >= 0.6 is 0 Å². The fourth-order valence-electron chi connectivity index (χ4n) is 4.60. The summed E-state index contributed by atoms with van der Waals surface area (Å²) in [7, 11) is -3.55. The lowest BCUT2D eigenvalue weighted by Gasteiger charge is -2.38. The van der Waals surface area contributed by atoms with Crippen LogP contribution < -0.4 is 0 Å². The van der Waals surface area contributed by atoms with E-state index in [9.17, 15) is 17.6 Å². The van der Waals surface area contributed by atoms with E-state index in [1.807, 2.05) is 0 Å². The van der Waals surface area contributed by atoms with Crippen LogP contribution in [0.4, 0.5) is 4.39 Å². The van der Waals surface area contributed by atoms with Crippen LogP contribution in [0.2, 0.25) is 0 Å². The number of amides is 1.